The molecule has 5 heteroatoms. The molecule has 132 valence electrons. The average Bonchev–Trinajstić information content (AvgIpc) is 2.60. The Labute approximate surface area is 143 Å². The number of aliphatic hydroxyl groups excluding tert-OH is 1. The van der Waals surface area contributed by atoms with E-state index in [-0.39, 0.29) is 17.9 Å². The molecule has 2 atom stereocenters. The largest absolute Gasteiger partial charge is 0.389 e. The molecule has 3 rings (SSSR count). The molecule has 24 heavy (non-hydrogen) atoms. The van der Waals surface area contributed by atoms with E-state index in [2.05, 4.69) is 29.2 Å². The smallest absolute Gasteiger partial charge is 0.220 e. The molecule has 0 spiro atoms. The SMILES string of the molecule is NC(=O)C1CCN(CC(O)COC2CCCc3ccccc32)CC1. The summed E-state index contributed by atoms with van der Waals surface area (Å²) in [5.74, 6) is -0.206. The minimum absolute atomic E-state index is 0.00613. The van der Waals surface area contributed by atoms with Crippen LogP contribution in [-0.4, -0.2) is 48.3 Å². The number of nitrogens with zero attached hydrogens (tertiary/aromatic N) is 1. The third-order valence-corrected chi connectivity index (χ3v) is 5.26. The first-order chi connectivity index (χ1) is 11.6. The Morgan fingerprint density at radius 3 is 2.79 bits per heavy atom. The number of β-amino-alcohol motifs (C(OH)–C–C–N with tert-alkyl or cyclic N) is 1. The number of nitrogens with two attached hydrogens (primary N) is 1. The van der Waals surface area contributed by atoms with E-state index in [1.54, 1.807) is 0 Å². The Balaban J connectivity index is 1.44. The van der Waals surface area contributed by atoms with E-state index in [1.165, 1.54) is 11.1 Å². The highest BCUT2D eigenvalue weighted by molar-refractivity contribution is 5.76. The van der Waals surface area contributed by atoms with Gasteiger partial charge in [0.15, 0.2) is 0 Å². The molecule has 0 aromatic heterocycles. The van der Waals surface area contributed by atoms with Gasteiger partial charge in [-0.05, 0) is 56.3 Å². The summed E-state index contributed by atoms with van der Waals surface area (Å²) < 4.78 is 6.02. The third kappa shape index (κ3) is 4.35. The maximum atomic E-state index is 11.2. The first-order valence-electron chi connectivity index (χ1n) is 9.02. The number of aliphatic hydroxyl groups is 1. The topological polar surface area (TPSA) is 75.8 Å². The molecular weight excluding hydrogens is 304 g/mol. The van der Waals surface area contributed by atoms with E-state index in [0.29, 0.717) is 13.2 Å². The second-order valence-corrected chi connectivity index (χ2v) is 7.04. The van der Waals surface area contributed by atoms with Gasteiger partial charge in [0.2, 0.25) is 5.91 Å². The number of aryl methyl sites for hydroxylation is 1. The predicted molar refractivity (Wildman–Crippen MR) is 92.4 cm³/mol. The van der Waals surface area contributed by atoms with Gasteiger partial charge in [-0.3, -0.25) is 4.79 Å². The molecule has 0 radical (unpaired) electrons. The van der Waals surface area contributed by atoms with Crippen LogP contribution in [0.4, 0.5) is 0 Å². The van der Waals surface area contributed by atoms with E-state index in [1.807, 2.05) is 0 Å². The molecule has 1 fully saturated rings. The third-order valence-electron chi connectivity index (χ3n) is 5.26. The van der Waals surface area contributed by atoms with Gasteiger partial charge < -0.3 is 20.5 Å². The van der Waals surface area contributed by atoms with Gasteiger partial charge in [0.05, 0.1) is 18.8 Å². The van der Waals surface area contributed by atoms with Gasteiger partial charge >= 0.3 is 0 Å². The average molecular weight is 332 g/mol. The van der Waals surface area contributed by atoms with Crippen LogP contribution >= 0.6 is 0 Å². The molecule has 3 N–H and O–H groups in total. The zero-order valence-electron chi connectivity index (χ0n) is 14.2. The maximum Gasteiger partial charge on any atom is 0.220 e. The van der Waals surface area contributed by atoms with Crippen LogP contribution in [0.15, 0.2) is 24.3 Å². The normalized spacial score (nSPS) is 23.6. The first-order valence-corrected chi connectivity index (χ1v) is 9.02. The Hall–Kier alpha value is -1.43. The van der Waals surface area contributed by atoms with Crippen LogP contribution in [0.5, 0.6) is 0 Å². The monoisotopic (exact) mass is 332 g/mol. The van der Waals surface area contributed by atoms with Crippen LogP contribution in [0.3, 0.4) is 0 Å². The van der Waals surface area contributed by atoms with Crippen molar-refractivity contribution in [3.63, 3.8) is 0 Å². The molecule has 2 aliphatic rings. The van der Waals surface area contributed by atoms with Gasteiger partial charge in [-0.15, -0.1) is 0 Å². The second kappa shape index (κ2) is 8.10. The summed E-state index contributed by atoms with van der Waals surface area (Å²) in [6.45, 7) is 2.59. The summed E-state index contributed by atoms with van der Waals surface area (Å²) in [7, 11) is 0. The lowest BCUT2D eigenvalue weighted by Gasteiger charge is -2.32. The van der Waals surface area contributed by atoms with Crippen molar-refractivity contribution in [3.8, 4) is 0 Å². The van der Waals surface area contributed by atoms with E-state index < -0.39 is 6.10 Å². The standard InChI is InChI=1S/C19H28N2O3/c20-19(23)15-8-10-21(11-9-15)12-16(22)13-24-18-7-3-5-14-4-1-2-6-17(14)18/h1-2,4,6,15-16,18,22H,3,5,7-13H2,(H2,20,23). The molecule has 1 heterocycles. The van der Waals surface area contributed by atoms with Crippen LogP contribution in [-0.2, 0) is 16.0 Å². The van der Waals surface area contributed by atoms with Crippen molar-refractivity contribution in [2.24, 2.45) is 11.7 Å². The van der Waals surface area contributed by atoms with Gasteiger partial charge in [0.25, 0.3) is 0 Å². The van der Waals surface area contributed by atoms with Crippen molar-refractivity contribution >= 4 is 5.91 Å². The number of carbonyl (C=O) groups is 1. The molecule has 2 unspecified atom stereocenters. The highest BCUT2D eigenvalue weighted by Gasteiger charge is 2.25. The first kappa shape index (κ1) is 17.4. The number of benzene rings is 1. The number of carbonyl (C=O) groups excluding carboxylic acids is 1. The molecule has 1 saturated heterocycles. The van der Waals surface area contributed by atoms with Crippen molar-refractivity contribution in [1.82, 2.24) is 4.90 Å². The van der Waals surface area contributed by atoms with Crippen LogP contribution in [0, 0.1) is 5.92 Å². The molecule has 1 aliphatic heterocycles. The van der Waals surface area contributed by atoms with E-state index in [4.69, 9.17) is 10.5 Å². The number of likely N-dealkylation sites (tertiary alicyclic amines) is 1. The van der Waals surface area contributed by atoms with E-state index in [9.17, 15) is 9.90 Å². The van der Waals surface area contributed by atoms with Crippen molar-refractivity contribution < 1.29 is 14.6 Å². The van der Waals surface area contributed by atoms with Gasteiger partial charge in [-0.25, -0.2) is 0 Å². The van der Waals surface area contributed by atoms with Gasteiger partial charge in [0, 0.05) is 12.5 Å². The molecular formula is C19H28N2O3. The molecule has 0 saturated carbocycles. The fourth-order valence-electron chi connectivity index (χ4n) is 3.86. The Bertz CT molecular complexity index is 555. The molecule has 1 aliphatic carbocycles. The molecule has 1 amide bonds. The van der Waals surface area contributed by atoms with Crippen molar-refractivity contribution in [1.29, 1.82) is 0 Å². The lowest BCUT2D eigenvalue weighted by Crippen LogP contribution is -2.42. The summed E-state index contributed by atoms with van der Waals surface area (Å²) in [4.78, 5) is 13.4. The molecule has 0 bridgehead atoms. The summed E-state index contributed by atoms with van der Waals surface area (Å²) in [5.41, 5.74) is 8.00. The summed E-state index contributed by atoms with van der Waals surface area (Å²) >= 11 is 0. The minimum atomic E-state index is -0.496. The molecule has 1 aromatic rings. The van der Waals surface area contributed by atoms with Gasteiger partial charge in [-0.1, -0.05) is 24.3 Å². The highest BCUT2D eigenvalue weighted by atomic mass is 16.5. The fourth-order valence-corrected chi connectivity index (χ4v) is 3.86. The number of piperidine rings is 1. The zero-order valence-corrected chi connectivity index (χ0v) is 14.2. The maximum absolute atomic E-state index is 11.2. The quantitative estimate of drug-likeness (QED) is 0.830. The van der Waals surface area contributed by atoms with E-state index in [0.717, 1.165) is 45.2 Å². The number of amides is 1. The van der Waals surface area contributed by atoms with Gasteiger partial charge in [-0.2, -0.15) is 0 Å². The summed E-state index contributed by atoms with van der Waals surface area (Å²) in [5, 5.41) is 10.3. The highest BCUT2D eigenvalue weighted by Crippen LogP contribution is 2.32. The van der Waals surface area contributed by atoms with Crippen LogP contribution in [0.2, 0.25) is 0 Å². The minimum Gasteiger partial charge on any atom is -0.389 e. The Morgan fingerprint density at radius 1 is 1.29 bits per heavy atom. The number of ether oxygens (including phenoxy) is 1. The van der Waals surface area contributed by atoms with Crippen molar-refractivity contribution in [2.75, 3.05) is 26.2 Å². The number of hydrogen-bond donors (Lipinski definition) is 2. The van der Waals surface area contributed by atoms with Gasteiger partial charge in [0.1, 0.15) is 0 Å². The second-order valence-electron chi connectivity index (χ2n) is 7.04. The summed E-state index contributed by atoms with van der Waals surface area (Å²) in [6, 6.07) is 8.44. The van der Waals surface area contributed by atoms with E-state index >= 15 is 0 Å². The van der Waals surface area contributed by atoms with Crippen LogP contribution in [0.1, 0.15) is 42.9 Å². The Kier molecular flexibility index (Phi) is 5.87. The number of rotatable bonds is 6. The molecule has 5 nitrogen and oxygen atoms in total. The van der Waals surface area contributed by atoms with Crippen molar-refractivity contribution in [3.05, 3.63) is 35.4 Å². The Morgan fingerprint density at radius 2 is 2.04 bits per heavy atom. The van der Waals surface area contributed by atoms with Crippen molar-refractivity contribution in [2.45, 2.75) is 44.3 Å². The number of fused-ring (bicyclic) bond motifs is 1. The van der Waals surface area contributed by atoms with Crippen LogP contribution in [0.25, 0.3) is 0 Å². The number of primary amides is 1. The molecule has 1 aromatic carbocycles. The predicted octanol–water partition coefficient (Wildman–Crippen LogP) is 1.64. The van der Waals surface area contributed by atoms with Crippen LogP contribution < -0.4 is 5.73 Å². The lowest BCUT2D eigenvalue weighted by molar-refractivity contribution is -0.123. The summed E-state index contributed by atoms with van der Waals surface area (Å²) in [6.07, 6.45) is 4.46. The lowest BCUT2D eigenvalue weighted by atomic mass is 9.89. The zero-order chi connectivity index (χ0) is 16.9. The number of hydrogen-bond acceptors (Lipinski definition) is 4. The fraction of sp³-hybridized carbons (Fsp3) is 0.632.